The minimum atomic E-state index is 0.323. The van der Waals surface area contributed by atoms with E-state index in [1.54, 1.807) is 0 Å². The van der Waals surface area contributed by atoms with Crippen LogP contribution >= 0.6 is 0 Å². The second-order valence-electron chi connectivity index (χ2n) is 5.17. The van der Waals surface area contributed by atoms with Crippen LogP contribution in [0, 0.1) is 13.8 Å². The monoisotopic (exact) mass is 246 g/mol. The van der Waals surface area contributed by atoms with Gasteiger partial charge in [-0.25, -0.2) is 0 Å². The van der Waals surface area contributed by atoms with Crippen LogP contribution in [0.15, 0.2) is 18.2 Å². The molecule has 1 aromatic carbocycles. The van der Waals surface area contributed by atoms with E-state index in [2.05, 4.69) is 42.3 Å². The van der Waals surface area contributed by atoms with Gasteiger partial charge in [-0.1, -0.05) is 23.8 Å². The topological polar surface area (TPSA) is 32.3 Å². The molecule has 3 nitrogen and oxygen atoms in total. The number of hydrogen-bond acceptors (Lipinski definition) is 3. The summed E-state index contributed by atoms with van der Waals surface area (Å²) in [6.07, 6.45) is 0.566. The Morgan fingerprint density at radius 2 is 2.00 bits per heavy atom. The number of benzene rings is 1. The first-order chi connectivity index (χ1) is 8.65. The third kappa shape index (κ3) is 3.65. The van der Waals surface area contributed by atoms with Crippen molar-refractivity contribution in [3.8, 4) is 0 Å². The largest absolute Gasteiger partial charge is 0.314 e. The molecule has 18 heavy (non-hydrogen) atoms. The molecule has 2 rings (SSSR count). The summed E-state index contributed by atoms with van der Waals surface area (Å²) in [5.74, 6) is 0.323. The minimum absolute atomic E-state index is 0.323. The van der Waals surface area contributed by atoms with Gasteiger partial charge in [0.05, 0.1) is 6.54 Å². The fraction of sp³-hybridized carbons (Fsp3) is 0.533. The molecule has 1 aliphatic rings. The number of rotatable bonds is 4. The molecule has 0 spiro atoms. The second kappa shape index (κ2) is 6.12. The van der Waals surface area contributed by atoms with Crippen molar-refractivity contribution in [2.24, 2.45) is 0 Å². The summed E-state index contributed by atoms with van der Waals surface area (Å²) in [7, 11) is 0. The molecule has 1 fully saturated rings. The van der Waals surface area contributed by atoms with E-state index in [-0.39, 0.29) is 0 Å². The fourth-order valence-corrected chi connectivity index (χ4v) is 2.43. The molecule has 0 amide bonds. The van der Waals surface area contributed by atoms with E-state index in [0.29, 0.717) is 18.7 Å². The summed E-state index contributed by atoms with van der Waals surface area (Å²) in [6.45, 7) is 8.72. The highest BCUT2D eigenvalue weighted by atomic mass is 16.1. The van der Waals surface area contributed by atoms with Gasteiger partial charge >= 0.3 is 0 Å². The molecule has 98 valence electrons. The van der Waals surface area contributed by atoms with Gasteiger partial charge in [0.1, 0.15) is 0 Å². The van der Waals surface area contributed by atoms with Gasteiger partial charge in [-0.2, -0.15) is 0 Å². The zero-order valence-electron chi connectivity index (χ0n) is 11.3. The molecule has 1 aliphatic heterocycles. The fourth-order valence-electron chi connectivity index (χ4n) is 2.43. The standard InChI is InChI=1S/C15H22N2O/c1-12-3-4-14(13(2)9-12)10-15(18)11-17-7-5-16-6-8-17/h3-4,9,16H,5-8,10-11H2,1-2H3. The van der Waals surface area contributed by atoms with Crippen molar-refractivity contribution in [1.82, 2.24) is 10.2 Å². The molecular weight excluding hydrogens is 224 g/mol. The van der Waals surface area contributed by atoms with Crippen molar-refractivity contribution >= 4 is 5.78 Å². The van der Waals surface area contributed by atoms with Gasteiger partial charge in [0.15, 0.2) is 5.78 Å². The Balaban J connectivity index is 1.90. The normalized spacial score (nSPS) is 16.8. The van der Waals surface area contributed by atoms with Gasteiger partial charge in [-0.3, -0.25) is 9.69 Å². The number of piperazine rings is 1. The molecule has 1 aromatic rings. The Hall–Kier alpha value is -1.19. The van der Waals surface area contributed by atoms with Crippen LogP contribution in [0.3, 0.4) is 0 Å². The highest BCUT2D eigenvalue weighted by molar-refractivity contribution is 5.83. The zero-order valence-corrected chi connectivity index (χ0v) is 11.3. The van der Waals surface area contributed by atoms with Crippen molar-refractivity contribution in [2.75, 3.05) is 32.7 Å². The molecule has 0 aliphatic carbocycles. The van der Waals surface area contributed by atoms with E-state index >= 15 is 0 Å². The number of carbonyl (C=O) groups excluding carboxylic acids is 1. The maximum absolute atomic E-state index is 12.1. The van der Waals surface area contributed by atoms with Crippen molar-refractivity contribution in [3.63, 3.8) is 0 Å². The van der Waals surface area contributed by atoms with Crippen LogP contribution in [0.25, 0.3) is 0 Å². The van der Waals surface area contributed by atoms with Crippen LogP contribution < -0.4 is 5.32 Å². The van der Waals surface area contributed by atoms with E-state index in [0.717, 1.165) is 26.2 Å². The Morgan fingerprint density at radius 1 is 1.28 bits per heavy atom. The Bertz CT molecular complexity index is 423. The van der Waals surface area contributed by atoms with Crippen LogP contribution in [0.1, 0.15) is 16.7 Å². The lowest BCUT2D eigenvalue weighted by Crippen LogP contribution is -2.45. The average Bonchev–Trinajstić information content (AvgIpc) is 2.34. The molecule has 0 bridgehead atoms. The molecule has 1 saturated heterocycles. The molecule has 1 N–H and O–H groups in total. The lowest BCUT2D eigenvalue weighted by Gasteiger charge is -2.26. The van der Waals surface area contributed by atoms with Crippen molar-refractivity contribution in [2.45, 2.75) is 20.3 Å². The van der Waals surface area contributed by atoms with Gasteiger partial charge in [-0.05, 0) is 25.0 Å². The van der Waals surface area contributed by atoms with E-state index in [1.165, 1.54) is 16.7 Å². The summed E-state index contributed by atoms with van der Waals surface area (Å²) in [6, 6.07) is 6.31. The van der Waals surface area contributed by atoms with Gasteiger partial charge in [0.2, 0.25) is 0 Å². The summed E-state index contributed by atoms with van der Waals surface area (Å²) in [5.41, 5.74) is 3.65. The number of carbonyl (C=O) groups is 1. The highest BCUT2D eigenvalue weighted by Crippen LogP contribution is 2.11. The maximum Gasteiger partial charge on any atom is 0.151 e. The molecule has 0 unspecified atom stereocenters. The lowest BCUT2D eigenvalue weighted by molar-refractivity contribution is -0.119. The number of nitrogens with zero attached hydrogens (tertiary/aromatic N) is 1. The first-order valence-corrected chi connectivity index (χ1v) is 6.66. The lowest BCUT2D eigenvalue weighted by atomic mass is 10.0. The second-order valence-corrected chi connectivity index (χ2v) is 5.17. The van der Waals surface area contributed by atoms with Crippen molar-refractivity contribution in [1.29, 1.82) is 0 Å². The van der Waals surface area contributed by atoms with Crippen molar-refractivity contribution in [3.05, 3.63) is 34.9 Å². The third-order valence-corrected chi connectivity index (χ3v) is 3.50. The highest BCUT2D eigenvalue weighted by Gasteiger charge is 2.14. The van der Waals surface area contributed by atoms with Gasteiger partial charge in [0.25, 0.3) is 0 Å². The number of Topliss-reactive ketones (excluding diaryl/α,β-unsaturated/α-hetero) is 1. The summed E-state index contributed by atoms with van der Waals surface area (Å²) < 4.78 is 0. The van der Waals surface area contributed by atoms with Crippen LogP contribution in [0.2, 0.25) is 0 Å². The molecular formula is C15H22N2O. The predicted octanol–water partition coefficient (Wildman–Crippen LogP) is 1.32. The summed E-state index contributed by atoms with van der Waals surface area (Å²) in [4.78, 5) is 14.3. The van der Waals surface area contributed by atoms with Gasteiger partial charge < -0.3 is 5.32 Å². The number of hydrogen-bond donors (Lipinski definition) is 1. The third-order valence-electron chi connectivity index (χ3n) is 3.50. The maximum atomic E-state index is 12.1. The Morgan fingerprint density at radius 3 is 2.67 bits per heavy atom. The Labute approximate surface area is 109 Å². The summed E-state index contributed by atoms with van der Waals surface area (Å²) in [5, 5.41) is 3.30. The number of nitrogens with one attached hydrogen (secondary N) is 1. The van der Waals surface area contributed by atoms with Crippen LogP contribution in [0.5, 0.6) is 0 Å². The van der Waals surface area contributed by atoms with E-state index < -0.39 is 0 Å². The predicted molar refractivity (Wildman–Crippen MR) is 73.9 cm³/mol. The first-order valence-electron chi connectivity index (χ1n) is 6.66. The molecule has 0 aromatic heterocycles. The quantitative estimate of drug-likeness (QED) is 0.869. The number of ketones is 1. The zero-order chi connectivity index (χ0) is 13.0. The SMILES string of the molecule is Cc1ccc(CC(=O)CN2CCNCC2)c(C)c1. The first kappa shape index (κ1) is 13.2. The summed E-state index contributed by atoms with van der Waals surface area (Å²) >= 11 is 0. The van der Waals surface area contributed by atoms with Crippen LogP contribution in [-0.4, -0.2) is 43.4 Å². The van der Waals surface area contributed by atoms with E-state index in [1.807, 2.05) is 0 Å². The van der Waals surface area contributed by atoms with Crippen LogP contribution in [0.4, 0.5) is 0 Å². The van der Waals surface area contributed by atoms with Crippen LogP contribution in [-0.2, 0) is 11.2 Å². The average molecular weight is 246 g/mol. The molecule has 0 radical (unpaired) electrons. The molecule has 3 heteroatoms. The van der Waals surface area contributed by atoms with Gasteiger partial charge in [0, 0.05) is 32.6 Å². The Kier molecular flexibility index (Phi) is 4.50. The molecule has 0 saturated carbocycles. The number of aryl methyl sites for hydroxylation is 2. The van der Waals surface area contributed by atoms with Crippen molar-refractivity contribution < 1.29 is 4.79 Å². The smallest absolute Gasteiger partial charge is 0.151 e. The van der Waals surface area contributed by atoms with Gasteiger partial charge in [-0.15, -0.1) is 0 Å². The van der Waals surface area contributed by atoms with E-state index in [4.69, 9.17) is 0 Å². The molecule has 0 atom stereocenters. The molecule has 1 heterocycles. The minimum Gasteiger partial charge on any atom is -0.314 e. The van der Waals surface area contributed by atoms with E-state index in [9.17, 15) is 4.79 Å².